The number of nitrogens with one attached hydrogen (secondary N) is 1. The molecule has 0 spiro atoms. The highest BCUT2D eigenvalue weighted by atomic mass is 32.1. The van der Waals surface area contributed by atoms with Gasteiger partial charge >= 0.3 is 0 Å². The van der Waals surface area contributed by atoms with Gasteiger partial charge in [0.25, 0.3) is 0 Å². The van der Waals surface area contributed by atoms with Crippen LogP contribution in [0.5, 0.6) is 0 Å². The van der Waals surface area contributed by atoms with E-state index in [4.69, 9.17) is 0 Å². The molecule has 1 heterocycles. The predicted molar refractivity (Wildman–Crippen MR) is 74.6 cm³/mol. The minimum absolute atomic E-state index is 0.219. The minimum atomic E-state index is -0.219. The molecule has 0 amide bonds. The smallest absolute Gasteiger partial charge is 0.124 e. The summed E-state index contributed by atoms with van der Waals surface area (Å²) in [5.74, 6) is -0.219. The molecule has 0 radical (unpaired) electrons. The molecule has 2 aromatic carbocycles. The fourth-order valence-corrected chi connectivity index (χ4v) is 2.80. The van der Waals surface area contributed by atoms with Crippen LogP contribution in [0.15, 0.2) is 42.5 Å². The van der Waals surface area contributed by atoms with Crippen LogP contribution in [0.25, 0.3) is 20.8 Å². The molecular weight excluding hydrogens is 246 g/mol. The second-order valence-corrected chi connectivity index (χ2v) is 4.99. The molecule has 1 N–H and O–H groups in total. The molecule has 0 aliphatic rings. The van der Waals surface area contributed by atoms with Gasteiger partial charge in [-0.2, -0.15) is 0 Å². The Kier molecular flexibility index (Phi) is 2.72. The molecule has 0 aliphatic carbocycles. The first-order valence-electron chi connectivity index (χ1n) is 5.60. The number of aromatic nitrogens is 1. The summed E-state index contributed by atoms with van der Waals surface area (Å²) in [4.78, 5) is 4.51. The molecule has 0 bridgehead atoms. The second kappa shape index (κ2) is 4.38. The van der Waals surface area contributed by atoms with Crippen molar-refractivity contribution in [1.82, 2.24) is 4.98 Å². The fraction of sp³-hybridized carbons (Fsp3) is 0.0714. The van der Waals surface area contributed by atoms with Gasteiger partial charge in [-0.25, -0.2) is 9.37 Å². The van der Waals surface area contributed by atoms with E-state index in [1.165, 1.54) is 23.5 Å². The Morgan fingerprint density at radius 2 is 1.89 bits per heavy atom. The van der Waals surface area contributed by atoms with Crippen LogP contribution < -0.4 is 5.32 Å². The van der Waals surface area contributed by atoms with E-state index in [9.17, 15) is 4.39 Å². The number of hydrogen-bond donors (Lipinski definition) is 1. The third-order valence-corrected chi connectivity index (χ3v) is 3.84. The number of benzene rings is 2. The molecule has 0 unspecified atom stereocenters. The van der Waals surface area contributed by atoms with Crippen molar-refractivity contribution in [3.8, 4) is 10.6 Å². The van der Waals surface area contributed by atoms with Gasteiger partial charge in [0.1, 0.15) is 10.8 Å². The Bertz CT molecular complexity index is 689. The fourth-order valence-electron chi connectivity index (χ4n) is 1.80. The average Bonchev–Trinajstić information content (AvgIpc) is 2.81. The van der Waals surface area contributed by atoms with E-state index in [1.807, 2.05) is 31.3 Å². The number of fused-ring (bicyclic) bond motifs is 1. The van der Waals surface area contributed by atoms with Crippen LogP contribution >= 0.6 is 11.3 Å². The maximum absolute atomic E-state index is 13.1. The molecule has 0 saturated carbocycles. The zero-order valence-electron chi connectivity index (χ0n) is 9.77. The Hall–Kier alpha value is -1.94. The summed E-state index contributed by atoms with van der Waals surface area (Å²) in [6, 6.07) is 12.7. The highest BCUT2D eigenvalue weighted by Crippen LogP contribution is 2.30. The summed E-state index contributed by atoms with van der Waals surface area (Å²) in [6.45, 7) is 0. The molecule has 2 nitrogen and oxygen atoms in total. The number of rotatable bonds is 2. The van der Waals surface area contributed by atoms with Crippen molar-refractivity contribution in [3.63, 3.8) is 0 Å². The zero-order chi connectivity index (χ0) is 12.5. The second-order valence-electron chi connectivity index (χ2n) is 3.96. The molecule has 0 aliphatic heterocycles. The Balaban J connectivity index is 2.07. The molecule has 0 fully saturated rings. The summed E-state index contributed by atoms with van der Waals surface area (Å²) in [5, 5.41) is 3.99. The first kappa shape index (κ1) is 11.2. The van der Waals surface area contributed by atoms with E-state index in [0.717, 1.165) is 26.5 Å². The van der Waals surface area contributed by atoms with Crippen molar-refractivity contribution < 1.29 is 4.39 Å². The Morgan fingerprint density at radius 1 is 1.11 bits per heavy atom. The summed E-state index contributed by atoms with van der Waals surface area (Å²) < 4.78 is 14.0. The van der Waals surface area contributed by atoms with E-state index in [-0.39, 0.29) is 5.82 Å². The highest BCUT2D eigenvalue weighted by Gasteiger charge is 2.06. The predicted octanol–water partition coefficient (Wildman–Crippen LogP) is 4.14. The summed E-state index contributed by atoms with van der Waals surface area (Å²) in [6.07, 6.45) is 0. The van der Waals surface area contributed by atoms with E-state index in [1.54, 1.807) is 6.07 Å². The number of nitrogens with zero attached hydrogens (tertiary/aromatic N) is 1. The minimum Gasteiger partial charge on any atom is -0.388 e. The topological polar surface area (TPSA) is 24.9 Å². The molecule has 0 saturated heterocycles. The lowest BCUT2D eigenvalue weighted by atomic mass is 10.2. The molecule has 18 heavy (non-hydrogen) atoms. The highest BCUT2D eigenvalue weighted by molar-refractivity contribution is 7.21. The van der Waals surface area contributed by atoms with E-state index in [0.29, 0.717) is 0 Å². The summed E-state index contributed by atoms with van der Waals surface area (Å²) in [7, 11) is 1.88. The van der Waals surface area contributed by atoms with Gasteiger partial charge in [0.05, 0.1) is 10.2 Å². The summed E-state index contributed by atoms with van der Waals surface area (Å²) in [5.41, 5.74) is 2.95. The maximum Gasteiger partial charge on any atom is 0.124 e. The molecule has 3 aromatic rings. The van der Waals surface area contributed by atoms with Crippen molar-refractivity contribution in [1.29, 1.82) is 0 Å². The maximum atomic E-state index is 13.1. The zero-order valence-corrected chi connectivity index (χ0v) is 10.6. The van der Waals surface area contributed by atoms with Crippen molar-refractivity contribution in [2.75, 3.05) is 12.4 Å². The molecule has 3 rings (SSSR count). The molecule has 1 aromatic heterocycles. The quantitative estimate of drug-likeness (QED) is 0.746. The molecule has 4 heteroatoms. The SMILES string of the molecule is CNc1ccc(-c2nc3ccc([18F])cc3s2)cc1. The number of thiazole rings is 1. The third kappa shape index (κ3) is 1.95. The standard InChI is InChI=1S/C14H11FN2S/c1-16-11-5-2-9(3-6-11)14-17-12-7-4-10(15)8-13(12)18-14/h2-8,16H,1H3/i15-1. The number of hydrogen-bond acceptors (Lipinski definition) is 3. The summed E-state index contributed by atoms with van der Waals surface area (Å²) >= 11 is 1.51. The van der Waals surface area contributed by atoms with Gasteiger partial charge in [0.15, 0.2) is 0 Å². The van der Waals surface area contributed by atoms with Gasteiger partial charge in [0.2, 0.25) is 0 Å². The van der Waals surface area contributed by atoms with E-state index < -0.39 is 0 Å². The third-order valence-electron chi connectivity index (χ3n) is 2.77. The van der Waals surface area contributed by atoms with Crippen molar-refractivity contribution in [3.05, 3.63) is 48.3 Å². The lowest BCUT2D eigenvalue weighted by Gasteiger charge is -2.00. The molecule has 90 valence electrons. The average molecular weight is 257 g/mol. The van der Waals surface area contributed by atoms with Gasteiger partial charge < -0.3 is 5.32 Å². The van der Waals surface area contributed by atoms with Crippen molar-refractivity contribution >= 4 is 27.2 Å². The number of anilines is 1. The van der Waals surface area contributed by atoms with Crippen LogP contribution in [0.2, 0.25) is 0 Å². The van der Waals surface area contributed by atoms with E-state index in [2.05, 4.69) is 10.3 Å². The van der Waals surface area contributed by atoms with Crippen LogP contribution in [-0.2, 0) is 0 Å². The molecular formula is C14H11FN2S. The van der Waals surface area contributed by atoms with Crippen molar-refractivity contribution in [2.45, 2.75) is 0 Å². The van der Waals surface area contributed by atoms with Crippen LogP contribution in [0.3, 0.4) is 0 Å². The Labute approximate surface area is 108 Å². The van der Waals surface area contributed by atoms with Crippen LogP contribution in [-0.4, -0.2) is 12.0 Å². The van der Waals surface area contributed by atoms with Gasteiger partial charge in [0, 0.05) is 18.3 Å². The first-order chi connectivity index (χ1) is 8.76. The van der Waals surface area contributed by atoms with Gasteiger partial charge in [-0.15, -0.1) is 11.3 Å². The lowest BCUT2D eigenvalue weighted by molar-refractivity contribution is 0.630. The lowest BCUT2D eigenvalue weighted by Crippen LogP contribution is -1.86. The Morgan fingerprint density at radius 3 is 2.61 bits per heavy atom. The monoisotopic (exact) mass is 257 g/mol. The first-order valence-corrected chi connectivity index (χ1v) is 6.42. The van der Waals surface area contributed by atoms with Crippen molar-refractivity contribution in [2.24, 2.45) is 0 Å². The van der Waals surface area contributed by atoms with Crippen LogP contribution in [0.1, 0.15) is 0 Å². The van der Waals surface area contributed by atoms with E-state index >= 15 is 0 Å². The van der Waals surface area contributed by atoms with Gasteiger partial charge in [-0.05, 0) is 42.5 Å². The largest absolute Gasteiger partial charge is 0.388 e. The van der Waals surface area contributed by atoms with Gasteiger partial charge in [-0.1, -0.05) is 0 Å². The molecule has 0 atom stereocenters. The number of halogens is 1. The van der Waals surface area contributed by atoms with Crippen LogP contribution in [0, 0.1) is 5.82 Å². The van der Waals surface area contributed by atoms with Crippen LogP contribution in [0.4, 0.5) is 10.1 Å². The van der Waals surface area contributed by atoms with Gasteiger partial charge in [-0.3, -0.25) is 0 Å². The normalized spacial score (nSPS) is 10.8.